The first-order valence-corrected chi connectivity index (χ1v) is 11.7. The maximum absolute atomic E-state index is 12.8. The molecule has 3 heterocycles. The molecule has 1 aromatic carbocycles. The van der Waals surface area contributed by atoms with Crippen molar-refractivity contribution in [2.24, 2.45) is 5.92 Å². The summed E-state index contributed by atoms with van der Waals surface area (Å²) >= 11 is 5.96. The number of hydrogen-bond donors (Lipinski definition) is 1. The number of amides is 1. The first-order chi connectivity index (χ1) is 14.9. The van der Waals surface area contributed by atoms with Crippen molar-refractivity contribution in [1.82, 2.24) is 19.1 Å². The second kappa shape index (κ2) is 9.17. The van der Waals surface area contributed by atoms with Crippen LogP contribution in [0, 0.1) is 5.92 Å². The fourth-order valence-corrected chi connectivity index (χ4v) is 5.48. The highest BCUT2D eigenvalue weighted by molar-refractivity contribution is 7.89. The number of benzene rings is 1. The van der Waals surface area contributed by atoms with Crippen LogP contribution in [0.3, 0.4) is 0 Å². The van der Waals surface area contributed by atoms with Crippen LogP contribution >= 0.6 is 11.6 Å². The maximum Gasteiger partial charge on any atom is 0.246 e. The Balaban J connectivity index is 1.33. The third-order valence-corrected chi connectivity index (χ3v) is 7.64. The Morgan fingerprint density at radius 2 is 1.84 bits per heavy atom. The van der Waals surface area contributed by atoms with E-state index in [-0.39, 0.29) is 35.0 Å². The molecule has 1 fully saturated rings. The van der Waals surface area contributed by atoms with Crippen LogP contribution in [0.15, 0.2) is 66.0 Å². The van der Waals surface area contributed by atoms with Crippen LogP contribution in [0.5, 0.6) is 0 Å². The summed E-state index contributed by atoms with van der Waals surface area (Å²) in [6, 6.07) is 12.5. The summed E-state index contributed by atoms with van der Waals surface area (Å²) in [4.78, 5) is 16.5. The van der Waals surface area contributed by atoms with Gasteiger partial charge in [-0.2, -0.15) is 9.40 Å². The molecule has 0 spiro atoms. The lowest BCUT2D eigenvalue weighted by atomic mass is 9.97. The molecule has 2 aromatic heterocycles. The molecule has 3 aromatic rings. The number of aromatic nitrogens is 3. The molecule has 8 nitrogen and oxygen atoms in total. The zero-order valence-corrected chi connectivity index (χ0v) is 18.3. The minimum absolute atomic E-state index is 0.00484. The molecule has 10 heteroatoms. The van der Waals surface area contributed by atoms with Crippen LogP contribution in [0.2, 0.25) is 5.15 Å². The van der Waals surface area contributed by atoms with E-state index in [9.17, 15) is 13.2 Å². The van der Waals surface area contributed by atoms with Gasteiger partial charge >= 0.3 is 0 Å². The Bertz CT molecular complexity index is 1140. The van der Waals surface area contributed by atoms with Gasteiger partial charge in [-0.1, -0.05) is 23.7 Å². The lowest BCUT2D eigenvalue weighted by Crippen LogP contribution is -2.41. The summed E-state index contributed by atoms with van der Waals surface area (Å²) in [5.74, 6) is -0.351. The molecule has 0 radical (unpaired) electrons. The summed E-state index contributed by atoms with van der Waals surface area (Å²) in [6.07, 6.45) is 5.96. The smallest absolute Gasteiger partial charge is 0.246 e. The highest BCUT2D eigenvalue weighted by Gasteiger charge is 2.33. The minimum Gasteiger partial charge on any atom is -0.326 e. The number of carbonyl (C=O) groups is 1. The Hall–Kier alpha value is -2.75. The first-order valence-electron chi connectivity index (χ1n) is 9.91. The molecule has 0 bridgehead atoms. The van der Waals surface area contributed by atoms with E-state index < -0.39 is 10.0 Å². The van der Waals surface area contributed by atoms with Gasteiger partial charge in [0.15, 0.2) is 0 Å². The summed E-state index contributed by atoms with van der Waals surface area (Å²) in [7, 11) is -3.73. The number of carbonyl (C=O) groups excluding carboxylic acids is 1. The van der Waals surface area contributed by atoms with Crippen molar-refractivity contribution in [2.75, 3.05) is 18.4 Å². The quantitative estimate of drug-likeness (QED) is 0.571. The molecule has 0 unspecified atom stereocenters. The zero-order valence-electron chi connectivity index (χ0n) is 16.7. The molecule has 162 valence electrons. The van der Waals surface area contributed by atoms with Gasteiger partial charge in [0.25, 0.3) is 0 Å². The number of pyridine rings is 1. The van der Waals surface area contributed by atoms with Gasteiger partial charge in [-0.05, 0) is 48.7 Å². The number of anilines is 1. The Kier molecular flexibility index (Phi) is 6.35. The van der Waals surface area contributed by atoms with Gasteiger partial charge in [0, 0.05) is 43.3 Å². The molecular weight excluding hydrogens is 438 g/mol. The van der Waals surface area contributed by atoms with Crippen molar-refractivity contribution < 1.29 is 13.2 Å². The second-order valence-corrected chi connectivity index (χ2v) is 9.62. The average Bonchev–Trinajstić information content (AvgIpc) is 3.28. The van der Waals surface area contributed by atoms with Crippen LogP contribution in [0.4, 0.5) is 5.69 Å². The zero-order chi connectivity index (χ0) is 21.8. The van der Waals surface area contributed by atoms with E-state index in [1.54, 1.807) is 12.3 Å². The average molecular weight is 460 g/mol. The molecule has 1 saturated heterocycles. The number of nitrogens with one attached hydrogen (secondary N) is 1. The number of sulfonamides is 1. The van der Waals surface area contributed by atoms with Gasteiger partial charge in [-0.15, -0.1) is 0 Å². The highest BCUT2D eigenvalue weighted by atomic mass is 35.5. The van der Waals surface area contributed by atoms with Crippen LogP contribution in [-0.4, -0.2) is 46.5 Å². The molecule has 0 atom stereocenters. The molecule has 1 aliphatic rings. The van der Waals surface area contributed by atoms with Crippen molar-refractivity contribution in [3.63, 3.8) is 0 Å². The maximum atomic E-state index is 12.8. The van der Waals surface area contributed by atoms with Crippen molar-refractivity contribution in [3.05, 3.63) is 71.8 Å². The third kappa shape index (κ3) is 4.95. The van der Waals surface area contributed by atoms with Crippen LogP contribution in [0.1, 0.15) is 18.4 Å². The van der Waals surface area contributed by atoms with Gasteiger partial charge in [0.1, 0.15) is 10.0 Å². The lowest BCUT2D eigenvalue weighted by Gasteiger charge is -2.30. The van der Waals surface area contributed by atoms with Crippen molar-refractivity contribution >= 4 is 33.2 Å². The summed E-state index contributed by atoms with van der Waals surface area (Å²) in [6.45, 7) is 1.18. The number of hydrogen-bond acceptors (Lipinski definition) is 5. The molecule has 4 rings (SSSR count). The van der Waals surface area contributed by atoms with Gasteiger partial charge in [-0.3, -0.25) is 9.48 Å². The lowest BCUT2D eigenvalue weighted by molar-refractivity contribution is -0.120. The third-order valence-electron chi connectivity index (χ3n) is 5.29. The highest BCUT2D eigenvalue weighted by Crippen LogP contribution is 2.27. The second-order valence-electron chi connectivity index (χ2n) is 7.36. The fraction of sp³-hybridized carbons (Fsp3) is 0.286. The van der Waals surface area contributed by atoms with E-state index in [1.807, 2.05) is 41.2 Å². The number of piperidine rings is 1. The minimum atomic E-state index is -3.73. The molecule has 0 saturated carbocycles. The largest absolute Gasteiger partial charge is 0.326 e. The summed E-state index contributed by atoms with van der Waals surface area (Å²) < 4.78 is 28.8. The Morgan fingerprint density at radius 3 is 2.48 bits per heavy atom. The Labute approximate surface area is 185 Å². The van der Waals surface area contributed by atoms with E-state index in [4.69, 9.17) is 11.6 Å². The molecular formula is C21H22ClN5O3S. The molecule has 1 aliphatic heterocycles. The van der Waals surface area contributed by atoms with Crippen LogP contribution in [0.25, 0.3) is 0 Å². The SMILES string of the molecule is O=C(Nc1ccc(Cn2cccn2)cc1)C1CCN(S(=O)(=O)c2cccnc2Cl)CC1. The number of nitrogens with zero attached hydrogens (tertiary/aromatic N) is 4. The van der Waals surface area contributed by atoms with Gasteiger partial charge < -0.3 is 5.32 Å². The summed E-state index contributed by atoms with van der Waals surface area (Å²) in [5, 5.41) is 7.07. The normalized spacial score (nSPS) is 15.6. The predicted molar refractivity (Wildman–Crippen MR) is 117 cm³/mol. The van der Waals surface area contributed by atoms with Gasteiger partial charge in [0.2, 0.25) is 15.9 Å². The standard InChI is InChI=1S/C21H22ClN5O3S/c22-20-19(3-1-10-23-20)31(29,30)27-13-8-17(9-14-27)21(28)25-18-6-4-16(5-7-18)15-26-12-2-11-24-26/h1-7,10-12,17H,8-9,13-15H2,(H,25,28). The van der Waals surface area contributed by atoms with Crippen molar-refractivity contribution in [1.29, 1.82) is 0 Å². The van der Waals surface area contributed by atoms with Gasteiger partial charge in [-0.25, -0.2) is 13.4 Å². The Morgan fingerprint density at radius 1 is 1.10 bits per heavy atom. The molecule has 0 aliphatic carbocycles. The van der Waals surface area contributed by atoms with Gasteiger partial charge in [0.05, 0.1) is 6.54 Å². The number of halogens is 1. The van der Waals surface area contributed by atoms with Crippen LogP contribution < -0.4 is 5.32 Å². The van der Waals surface area contributed by atoms with Crippen molar-refractivity contribution in [2.45, 2.75) is 24.3 Å². The van der Waals surface area contributed by atoms with E-state index in [2.05, 4.69) is 15.4 Å². The van der Waals surface area contributed by atoms with E-state index in [1.165, 1.54) is 16.6 Å². The van der Waals surface area contributed by atoms with Crippen LogP contribution in [-0.2, 0) is 21.4 Å². The summed E-state index contributed by atoms with van der Waals surface area (Å²) in [5.41, 5.74) is 1.79. The predicted octanol–water partition coefficient (Wildman–Crippen LogP) is 3.02. The monoisotopic (exact) mass is 459 g/mol. The van der Waals surface area contributed by atoms with Crippen molar-refractivity contribution in [3.8, 4) is 0 Å². The molecule has 1 amide bonds. The fourth-order valence-electron chi connectivity index (χ4n) is 3.58. The van der Waals surface area contributed by atoms with E-state index >= 15 is 0 Å². The first kappa shape index (κ1) is 21.5. The molecule has 1 N–H and O–H groups in total. The van der Waals surface area contributed by atoms with E-state index in [0.29, 0.717) is 25.1 Å². The van der Waals surface area contributed by atoms with E-state index in [0.717, 1.165) is 5.56 Å². The topological polar surface area (TPSA) is 97.2 Å². The number of rotatable bonds is 6. The molecule has 31 heavy (non-hydrogen) atoms.